The van der Waals surface area contributed by atoms with Crippen LogP contribution in [0.2, 0.25) is 0 Å². The number of aromatic nitrogens is 1. The largest absolute Gasteiger partial charge is 0.451 e. The highest BCUT2D eigenvalue weighted by Crippen LogP contribution is 2.26. The highest BCUT2D eigenvalue weighted by molar-refractivity contribution is 7.89. The molecule has 1 unspecified atom stereocenters. The molecular formula is C27H32N4O6S. The molecule has 0 saturated carbocycles. The van der Waals surface area contributed by atoms with Crippen LogP contribution in [0.1, 0.15) is 57.0 Å². The number of carbonyl (C=O) groups is 3. The number of carbonyl (C=O) groups excluding carboxylic acids is 3. The number of rotatable bonds is 8. The summed E-state index contributed by atoms with van der Waals surface area (Å²) in [5.41, 5.74) is 0.538. The smallest absolute Gasteiger partial charge is 0.287 e. The second kappa shape index (κ2) is 11.4. The number of ketones is 1. The maximum atomic E-state index is 13.6. The van der Waals surface area contributed by atoms with Crippen LogP contribution < -0.4 is 10.6 Å². The first-order valence-electron chi connectivity index (χ1n) is 12.6. The van der Waals surface area contributed by atoms with E-state index in [2.05, 4.69) is 15.6 Å². The molecule has 0 bridgehead atoms. The summed E-state index contributed by atoms with van der Waals surface area (Å²) in [5, 5.41) is 5.88. The zero-order valence-electron chi connectivity index (χ0n) is 21.6. The Kier molecular flexibility index (Phi) is 8.27. The molecule has 202 valence electrons. The zero-order valence-corrected chi connectivity index (χ0v) is 22.4. The molecule has 2 aromatic heterocycles. The molecule has 1 aliphatic rings. The van der Waals surface area contributed by atoms with Crippen LogP contribution in [0.3, 0.4) is 0 Å². The third kappa shape index (κ3) is 5.94. The monoisotopic (exact) mass is 540 g/mol. The van der Waals surface area contributed by atoms with Crippen LogP contribution in [-0.2, 0) is 19.6 Å². The minimum atomic E-state index is -4.21. The number of amides is 2. The number of benzene rings is 1. The van der Waals surface area contributed by atoms with Crippen LogP contribution in [0, 0.1) is 5.92 Å². The van der Waals surface area contributed by atoms with Gasteiger partial charge in [0, 0.05) is 24.0 Å². The summed E-state index contributed by atoms with van der Waals surface area (Å²) in [6.07, 6.45) is 1.24. The number of furan rings is 1. The van der Waals surface area contributed by atoms with Gasteiger partial charge in [0.25, 0.3) is 15.9 Å². The summed E-state index contributed by atoms with van der Waals surface area (Å²) in [4.78, 5) is 43.6. The van der Waals surface area contributed by atoms with Gasteiger partial charge in [-0.25, -0.2) is 13.4 Å². The van der Waals surface area contributed by atoms with E-state index in [4.69, 9.17) is 4.42 Å². The van der Waals surface area contributed by atoms with Gasteiger partial charge >= 0.3 is 0 Å². The molecule has 3 aromatic rings. The average molecular weight is 541 g/mol. The number of sulfonamides is 1. The number of fused-ring (bicyclic) bond motifs is 1. The molecule has 38 heavy (non-hydrogen) atoms. The number of hydrogen-bond acceptors (Lipinski definition) is 7. The quantitative estimate of drug-likeness (QED) is 0.447. The molecule has 1 aromatic carbocycles. The number of nitrogens with zero attached hydrogens (tertiary/aromatic N) is 2. The van der Waals surface area contributed by atoms with E-state index < -0.39 is 45.9 Å². The fourth-order valence-electron chi connectivity index (χ4n) is 4.62. The second-order valence-electron chi connectivity index (χ2n) is 9.93. The lowest BCUT2D eigenvalue weighted by Crippen LogP contribution is -2.60. The second-order valence-corrected chi connectivity index (χ2v) is 11.7. The average Bonchev–Trinajstić information content (AvgIpc) is 3.26. The number of hydrogen-bond donors (Lipinski definition) is 2. The molecule has 3 heterocycles. The van der Waals surface area contributed by atoms with E-state index in [1.165, 1.54) is 12.3 Å². The minimum Gasteiger partial charge on any atom is -0.451 e. The molecule has 1 saturated heterocycles. The van der Waals surface area contributed by atoms with Gasteiger partial charge in [0.05, 0.1) is 0 Å². The molecule has 0 radical (unpaired) electrons. The van der Waals surface area contributed by atoms with E-state index in [1.807, 2.05) is 26.0 Å². The van der Waals surface area contributed by atoms with Gasteiger partial charge in [-0.15, -0.1) is 0 Å². The first-order valence-corrected chi connectivity index (χ1v) is 14.1. The Morgan fingerprint density at radius 1 is 1.16 bits per heavy atom. The Morgan fingerprint density at radius 3 is 2.58 bits per heavy atom. The predicted octanol–water partition coefficient (Wildman–Crippen LogP) is 3.25. The molecule has 0 spiro atoms. The minimum absolute atomic E-state index is 0.0128. The van der Waals surface area contributed by atoms with Gasteiger partial charge in [-0.3, -0.25) is 14.4 Å². The van der Waals surface area contributed by atoms with Crippen LogP contribution in [-0.4, -0.2) is 53.6 Å². The summed E-state index contributed by atoms with van der Waals surface area (Å²) in [5.74, 6) is -1.60. The van der Waals surface area contributed by atoms with Gasteiger partial charge in [0.15, 0.2) is 22.7 Å². The van der Waals surface area contributed by atoms with Crippen molar-refractivity contribution in [3.8, 4) is 0 Å². The highest BCUT2D eigenvalue weighted by Gasteiger charge is 2.43. The van der Waals surface area contributed by atoms with Crippen LogP contribution in [0.25, 0.3) is 11.0 Å². The summed E-state index contributed by atoms with van der Waals surface area (Å²) < 4.78 is 33.8. The molecule has 11 heteroatoms. The molecule has 1 fully saturated rings. The Hall–Kier alpha value is -3.57. The first-order chi connectivity index (χ1) is 18.1. The standard InChI is InChI=1S/C27H32N4O6S/c1-17(2)15-20(29-27(34)23-16-19-10-4-5-12-22(19)37-23)26(33)30-25-21(32)11-8-9-18(3)31(25)38(35,36)24-13-6-7-14-28-24/h4-7,10,12-14,16-18,20,25H,8-9,11,15H2,1-3H3,(H,29,34)(H,30,33)/t18-,20?,25+/m1/s1. The molecule has 2 N–H and O–H groups in total. The van der Waals surface area contributed by atoms with Crippen LogP contribution in [0.5, 0.6) is 0 Å². The van der Waals surface area contributed by atoms with Gasteiger partial charge in [-0.1, -0.05) is 38.1 Å². The number of pyridine rings is 1. The van der Waals surface area contributed by atoms with Gasteiger partial charge < -0.3 is 15.1 Å². The molecule has 10 nitrogen and oxygen atoms in total. The zero-order chi connectivity index (χ0) is 27.4. The molecule has 0 aliphatic carbocycles. The lowest BCUT2D eigenvalue weighted by atomic mass is 10.0. The summed E-state index contributed by atoms with van der Waals surface area (Å²) in [7, 11) is -4.21. The van der Waals surface area contributed by atoms with Crippen molar-refractivity contribution in [3.05, 3.63) is 60.5 Å². The molecule has 2 amide bonds. The van der Waals surface area contributed by atoms with E-state index in [9.17, 15) is 22.8 Å². The Balaban J connectivity index is 1.61. The van der Waals surface area contributed by atoms with Crippen LogP contribution in [0.4, 0.5) is 0 Å². The topological polar surface area (TPSA) is 139 Å². The van der Waals surface area contributed by atoms with Gasteiger partial charge in [-0.2, -0.15) is 4.31 Å². The first kappa shape index (κ1) is 27.5. The van der Waals surface area contributed by atoms with Crippen molar-refractivity contribution in [2.75, 3.05) is 0 Å². The van der Waals surface area contributed by atoms with E-state index in [1.54, 1.807) is 37.3 Å². The maximum Gasteiger partial charge on any atom is 0.287 e. The van der Waals surface area contributed by atoms with Gasteiger partial charge in [0.2, 0.25) is 5.91 Å². The van der Waals surface area contributed by atoms with Crippen molar-refractivity contribution < 1.29 is 27.2 Å². The molecule has 1 aliphatic heterocycles. The third-order valence-corrected chi connectivity index (χ3v) is 8.37. The van der Waals surface area contributed by atoms with E-state index in [-0.39, 0.29) is 29.5 Å². The van der Waals surface area contributed by atoms with Crippen molar-refractivity contribution in [1.29, 1.82) is 0 Å². The van der Waals surface area contributed by atoms with E-state index in [0.29, 0.717) is 18.4 Å². The summed E-state index contributed by atoms with van der Waals surface area (Å²) in [6.45, 7) is 5.49. The number of para-hydroxylation sites is 1. The van der Waals surface area contributed by atoms with E-state index >= 15 is 0 Å². The van der Waals surface area contributed by atoms with Crippen molar-refractivity contribution in [2.45, 2.75) is 69.7 Å². The van der Waals surface area contributed by atoms with Crippen molar-refractivity contribution in [2.24, 2.45) is 5.92 Å². The van der Waals surface area contributed by atoms with Crippen molar-refractivity contribution in [1.82, 2.24) is 19.9 Å². The Bertz CT molecular complexity index is 1390. The molecule has 4 rings (SSSR count). The fourth-order valence-corrected chi connectivity index (χ4v) is 6.31. The molecular weight excluding hydrogens is 508 g/mol. The SMILES string of the molecule is CC(C)CC(NC(=O)c1cc2ccccc2o1)C(=O)N[C@@H]1C(=O)CCC[C@@H](C)N1S(=O)(=O)c1ccccn1. The molecule has 3 atom stereocenters. The Labute approximate surface area is 221 Å². The number of Topliss-reactive ketones (excluding diaryl/α,β-unsaturated/α-hetero) is 1. The van der Waals surface area contributed by atoms with Crippen molar-refractivity contribution >= 4 is 38.6 Å². The van der Waals surface area contributed by atoms with Crippen LogP contribution >= 0.6 is 0 Å². The Morgan fingerprint density at radius 2 is 1.89 bits per heavy atom. The summed E-state index contributed by atoms with van der Waals surface area (Å²) >= 11 is 0. The lowest BCUT2D eigenvalue weighted by Gasteiger charge is -2.33. The third-order valence-electron chi connectivity index (χ3n) is 6.48. The fraction of sp³-hybridized carbons (Fsp3) is 0.407. The summed E-state index contributed by atoms with van der Waals surface area (Å²) in [6, 6.07) is 11.7. The van der Waals surface area contributed by atoms with Crippen LogP contribution in [0.15, 0.2) is 64.2 Å². The van der Waals surface area contributed by atoms with Crippen molar-refractivity contribution in [3.63, 3.8) is 0 Å². The maximum absolute atomic E-state index is 13.6. The lowest BCUT2D eigenvalue weighted by molar-refractivity contribution is -0.131. The number of nitrogens with one attached hydrogen (secondary N) is 2. The van der Waals surface area contributed by atoms with Gasteiger partial charge in [0.1, 0.15) is 11.6 Å². The predicted molar refractivity (Wildman–Crippen MR) is 140 cm³/mol. The van der Waals surface area contributed by atoms with E-state index in [0.717, 1.165) is 9.69 Å². The normalized spacial score (nSPS) is 19.7. The van der Waals surface area contributed by atoms with Gasteiger partial charge in [-0.05, 0) is 56.4 Å². The highest BCUT2D eigenvalue weighted by atomic mass is 32.2.